The summed E-state index contributed by atoms with van der Waals surface area (Å²) < 4.78 is 0. The summed E-state index contributed by atoms with van der Waals surface area (Å²) in [4.78, 5) is 26.4. The third-order valence-electron chi connectivity index (χ3n) is 7.07. The maximum Gasteiger partial charge on any atom is 0.317 e. The molecule has 166 valence electrons. The van der Waals surface area contributed by atoms with Gasteiger partial charge in [0, 0.05) is 50.3 Å². The third kappa shape index (κ3) is 4.67. The molecule has 4 heterocycles. The summed E-state index contributed by atoms with van der Waals surface area (Å²) in [5.74, 6) is 3.68. The molecule has 8 nitrogen and oxygen atoms in total. The molecule has 31 heavy (non-hydrogen) atoms. The van der Waals surface area contributed by atoms with Crippen LogP contribution >= 0.6 is 0 Å². The lowest BCUT2D eigenvalue weighted by Gasteiger charge is -2.32. The molecule has 1 saturated carbocycles. The molecule has 2 aliphatic heterocycles. The van der Waals surface area contributed by atoms with Crippen LogP contribution in [0.2, 0.25) is 0 Å². The second kappa shape index (κ2) is 9.24. The molecule has 2 aromatic heterocycles. The maximum absolute atomic E-state index is 13.0. The molecule has 0 aromatic carbocycles. The number of hydrogen-bond donors (Lipinski definition) is 2. The van der Waals surface area contributed by atoms with E-state index in [0.717, 1.165) is 56.4 Å². The van der Waals surface area contributed by atoms with Crippen LogP contribution in [0.5, 0.6) is 0 Å². The number of nitrogens with zero attached hydrogens (tertiary/aromatic N) is 5. The van der Waals surface area contributed by atoms with Crippen molar-refractivity contribution in [3.63, 3.8) is 0 Å². The van der Waals surface area contributed by atoms with Crippen molar-refractivity contribution in [2.24, 2.45) is 0 Å². The number of anilines is 1. The predicted octanol–water partition coefficient (Wildman–Crippen LogP) is 3.42. The van der Waals surface area contributed by atoms with Crippen molar-refractivity contribution in [3.8, 4) is 0 Å². The fraction of sp³-hybridized carbons (Fsp3) is 0.652. The van der Waals surface area contributed by atoms with Gasteiger partial charge in [0.25, 0.3) is 0 Å². The molecule has 0 spiro atoms. The Morgan fingerprint density at radius 2 is 1.87 bits per heavy atom. The number of carbonyl (C=O) groups excluding carboxylic acids is 1. The Labute approximate surface area is 183 Å². The maximum atomic E-state index is 13.0. The average molecular weight is 424 g/mol. The summed E-state index contributed by atoms with van der Waals surface area (Å²) >= 11 is 0. The van der Waals surface area contributed by atoms with Crippen LogP contribution in [0.1, 0.15) is 74.9 Å². The smallest absolute Gasteiger partial charge is 0.317 e. The highest BCUT2D eigenvalue weighted by atomic mass is 16.2. The first kappa shape index (κ1) is 20.3. The van der Waals surface area contributed by atoms with E-state index in [1.165, 1.54) is 32.1 Å². The van der Waals surface area contributed by atoms with Crippen LogP contribution in [0.4, 0.5) is 10.6 Å². The van der Waals surface area contributed by atoms with E-state index in [2.05, 4.69) is 25.4 Å². The highest BCUT2D eigenvalue weighted by molar-refractivity contribution is 5.75. The Bertz CT molecular complexity index is 864. The number of pyridine rings is 1. The molecular formula is C23H33N7O. The van der Waals surface area contributed by atoms with Crippen LogP contribution in [0.3, 0.4) is 0 Å². The van der Waals surface area contributed by atoms with Crippen LogP contribution in [0, 0.1) is 0 Å². The van der Waals surface area contributed by atoms with Crippen LogP contribution in [0.25, 0.3) is 0 Å². The van der Waals surface area contributed by atoms with Gasteiger partial charge in [-0.3, -0.25) is 5.10 Å². The van der Waals surface area contributed by atoms with Crippen molar-refractivity contribution >= 4 is 11.8 Å². The number of urea groups is 1. The Morgan fingerprint density at radius 3 is 2.71 bits per heavy atom. The van der Waals surface area contributed by atoms with Gasteiger partial charge in [0.1, 0.15) is 11.6 Å². The third-order valence-corrected chi connectivity index (χ3v) is 7.07. The molecule has 2 saturated heterocycles. The molecule has 2 atom stereocenters. The monoisotopic (exact) mass is 423 g/mol. The molecule has 5 rings (SSSR count). The van der Waals surface area contributed by atoms with Gasteiger partial charge in [-0.1, -0.05) is 25.3 Å². The van der Waals surface area contributed by atoms with Crippen molar-refractivity contribution in [2.45, 2.75) is 69.2 Å². The number of amides is 2. The summed E-state index contributed by atoms with van der Waals surface area (Å²) in [6.45, 7) is 3.24. The van der Waals surface area contributed by atoms with Crippen LogP contribution in [-0.4, -0.2) is 63.3 Å². The highest BCUT2D eigenvalue weighted by Crippen LogP contribution is 2.32. The number of piperidine rings is 1. The van der Waals surface area contributed by atoms with Crippen molar-refractivity contribution in [2.75, 3.05) is 31.1 Å². The summed E-state index contributed by atoms with van der Waals surface area (Å²) in [6, 6.07) is 6.16. The molecule has 0 bridgehead atoms. The van der Waals surface area contributed by atoms with E-state index in [-0.39, 0.29) is 18.0 Å². The van der Waals surface area contributed by atoms with Crippen LogP contribution < -0.4 is 10.2 Å². The van der Waals surface area contributed by atoms with Crippen molar-refractivity contribution in [1.29, 1.82) is 0 Å². The Balaban J connectivity index is 1.15. The molecule has 3 aliphatic rings. The van der Waals surface area contributed by atoms with E-state index in [9.17, 15) is 4.79 Å². The molecule has 1 aliphatic carbocycles. The fourth-order valence-corrected chi connectivity index (χ4v) is 5.29. The number of likely N-dealkylation sites (tertiary alicyclic amines) is 1. The van der Waals surface area contributed by atoms with E-state index in [0.29, 0.717) is 12.5 Å². The average Bonchev–Trinajstić information content (AvgIpc) is 3.51. The lowest BCUT2D eigenvalue weighted by Crippen LogP contribution is -2.49. The molecule has 3 fully saturated rings. The van der Waals surface area contributed by atoms with Crippen LogP contribution in [-0.2, 0) is 0 Å². The normalized spacial score (nSPS) is 25.0. The predicted molar refractivity (Wildman–Crippen MR) is 119 cm³/mol. The number of rotatable bonds is 4. The number of hydrogen-bond acceptors (Lipinski definition) is 5. The first-order valence-corrected chi connectivity index (χ1v) is 11.9. The number of nitrogens with one attached hydrogen (secondary N) is 2. The standard InChI is InChI=1S/C23H33N7O/c31-23(25-19-11-14-29(16-19)20-10-4-5-12-24-20)30-13-6-9-18(15-30)22-26-21(27-28-22)17-7-2-1-3-8-17/h4-5,10,12,17-19H,1-3,6-9,11,13-16H2,(H,25,31)(H,26,27,28). The summed E-state index contributed by atoms with van der Waals surface area (Å²) in [5, 5.41) is 11.0. The van der Waals surface area contributed by atoms with Gasteiger partial charge in [0.05, 0.1) is 0 Å². The quantitative estimate of drug-likeness (QED) is 0.786. The largest absolute Gasteiger partial charge is 0.354 e. The lowest BCUT2D eigenvalue weighted by molar-refractivity contribution is 0.175. The van der Waals surface area contributed by atoms with Gasteiger partial charge in [-0.25, -0.2) is 14.8 Å². The minimum atomic E-state index is 0.0422. The molecule has 0 radical (unpaired) electrons. The highest BCUT2D eigenvalue weighted by Gasteiger charge is 2.31. The first-order chi connectivity index (χ1) is 15.3. The van der Waals surface area contributed by atoms with E-state index in [4.69, 9.17) is 4.98 Å². The molecule has 2 aromatic rings. The molecule has 2 N–H and O–H groups in total. The van der Waals surface area contributed by atoms with E-state index >= 15 is 0 Å². The van der Waals surface area contributed by atoms with Gasteiger partial charge in [-0.05, 0) is 44.2 Å². The SMILES string of the molecule is O=C(NC1CCN(c2ccccn2)C1)N1CCCC(c2n[nH]c(C3CCCCC3)n2)C1. The number of H-pyrrole nitrogens is 1. The molecule has 8 heteroatoms. The fourth-order valence-electron chi connectivity index (χ4n) is 5.29. The van der Waals surface area contributed by atoms with Gasteiger partial charge in [-0.2, -0.15) is 5.10 Å². The summed E-state index contributed by atoms with van der Waals surface area (Å²) in [7, 11) is 0. The van der Waals surface area contributed by atoms with E-state index in [1.807, 2.05) is 29.3 Å². The van der Waals surface area contributed by atoms with Gasteiger partial charge in [0.15, 0.2) is 5.82 Å². The van der Waals surface area contributed by atoms with Crippen molar-refractivity contribution in [1.82, 2.24) is 30.4 Å². The Hall–Kier alpha value is -2.64. The summed E-state index contributed by atoms with van der Waals surface area (Å²) in [6.07, 6.45) is 11.1. The topological polar surface area (TPSA) is 90.0 Å². The van der Waals surface area contributed by atoms with Crippen molar-refractivity contribution in [3.05, 3.63) is 36.0 Å². The van der Waals surface area contributed by atoms with Crippen LogP contribution in [0.15, 0.2) is 24.4 Å². The van der Waals surface area contributed by atoms with Crippen molar-refractivity contribution < 1.29 is 4.79 Å². The lowest BCUT2D eigenvalue weighted by atomic mass is 9.89. The number of carbonyl (C=O) groups is 1. The minimum absolute atomic E-state index is 0.0422. The van der Waals surface area contributed by atoms with E-state index < -0.39 is 0 Å². The Kier molecular flexibility index (Phi) is 6.04. The van der Waals surface area contributed by atoms with E-state index in [1.54, 1.807) is 0 Å². The summed E-state index contributed by atoms with van der Waals surface area (Å²) in [5.41, 5.74) is 0. The number of aromatic nitrogens is 4. The second-order valence-corrected chi connectivity index (χ2v) is 9.27. The molecular weight excluding hydrogens is 390 g/mol. The van der Waals surface area contributed by atoms with Gasteiger partial charge >= 0.3 is 6.03 Å². The van der Waals surface area contributed by atoms with Gasteiger partial charge in [-0.15, -0.1) is 0 Å². The zero-order chi connectivity index (χ0) is 21.0. The van der Waals surface area contributed by atoms with Gasteiger partial charge < -0.3 is 15.1 Å². The number of aromatic amines is 1. The minimum Gasteiger partial charge on any atom is -0.354 e. The van der Waals surface area contributed by atoms with Gasteiger partial charge in [0.2, 0.25) is 0 Å². The first-order valence-electron chi connectivity index (χ1n) is 11.9. The zero-order valence-electron chi connectivity index (χ0n) is 18.2. The second-order valence-electron chi connectivity index (χ2n) is 9.27. The zero-order valence-corrected chi connectivity index (χ0v) is 18.2. The molecule has 2 amide bonds. The Morgan fingerprint density at radius 1 is 1.00 bits per heavy atom. The molecule has 2 unspecified atom stereocenters.